The predicted molar refractivity (Wildman–Crippen MR) is 140 cm³/mol. The summed E-state index contributed by atoms with van der Waals surface area (Å²) >= 11 is 0. The summed E-state index contributed by atoms with van der Waals surface area (Å²) in [4.78, 5) is 4.92. The molecule has 0 saturated carbocycles. The zero-order valence-corrected chi connectivity index (χ0v) is 20.6. The molecule has 0 aliphatic heterocycles. The van der Waals surface area contributed by atoms with Gasteiger partial charge in [0.15, 0.2) is 23.0 Å². The van der Waals surface area contributed by atoms with E-state index in [2.05, 4.69) is 17.2 Å². The summed E-state index contributed by atoms with van der Waals surface area (Å²) < 4.78 is 24.7. The number of nitrogens with zero attached hydrogens (tertiary/aromatic N) is 2. The molecule has 4 rings (SSSR count). The van der Waals surface area contributed by atoms with Gasteiger partial charge in [0.2, 0.25) is 0 Å². The van der Waals surface area contributed by atoms with E-state index in [-0.39, 0.29) is 0 Å². The smallest absolute Gasteiger partial charge is 0.161 e. The number of unbranched alkanes of at least 4 members (excludes halogenated alkanes) is 1. The quantitative estimate of drug-likeness (QED) is 0.178. The summed E-state index contributed by atoms with van der Waals surface area (Å²) in [5.41, 5.74) is 4.22. The van der Waals surface area contributed by atoms with Crippen LogP contribution in [-0.2, 0) is 13.0 Å². The zero-order chi connectivity index (χ0) is 24.6. The van der Waals surface area contributed by atoms with Gasteiger partial charge in [-0.1, -0.05) is 24.3 Å². The summed E-state index contributed by atoms with van der Waals surface area (Å²) in [5.74, 6) is 3.81. The fourth-order valence-electron chi connectivity index (χ4n) is 4.18. The Bertz CT molecular complexity index is 1300. The minimum absolute atomic E-state index is 0.607. The summed E-state index contributed by atoms with van der Waals surface area (Å²) in [5, 5.41) is 0. The highest BCUT2D eigenvalue weighted by Gasteiger charge is 2.15. The second-order valence-corrected chi connectivity index (χ2v) is 8.18. The van der Waals surface area contributed by atoms with Crippen LogP contribution in [0.3, 0.4) is 0 Å². The largest absolute Gasteiger partial charge is 0.493 e. The molecule has 0 N–H and O–H groups in total. The molecule has 4 aromatic rings. The normalized spacial score (nSPS) is 10.8. The third kappa shape index (κ3) is 5.43. The van der Waals surface area contributed by atoms with Crippen molar-refractivity contribution >= 4 is 11.0 Å². The molecule has 0 saturated heterocycles. The number of ether oxygens (including phenoxy) is 4. The second-order valence-electron chi connectivity index (χ2n) is 8.18. The van der Waals surface area contributed by atoms with E-state index < -0.39 is 0 Å². The van der Waals surface area contributed by atoms with Crippen molar-refractivity contribution in [2.24, 2.45) is 0 Å². The molecule has 6 heteroatoms. The molecule has 0 amide bonds. The average molecular weight is 473 g/mol. The van der Waals surface area contributed by atoms with Crippen LogP contribution in [0.5, 0.6) is 23.0 Å². The topological polar surface area (TPSA) is 54.7 Å². The summed E-state index contributed by atoms with van der Waals surface area (Å²) in [7, 11) is 4.95. The summed E-state index contributed by atoms with van der Waals surface area (Å²) in [6, 6.07) is 20.1. The first kappa shape index (κ1) is 24.2. The lowest BCUT2D eigenvalue weighted by molar-refractivity contribution is 0.284. The van der Waals surface area contributed by atoms with Crippen LogP contribution in [0, 0.1) is 0 Å². The lowest BCUT2D eigenvalue weighted by atomic mass is 10.1. The first-order chi connectivity index (χ1) is 17.2. The fraction of sp³-hybridized carbons (Fsp3) is 0.276. The maximum Gasteiger partial charge on any atom is 0.161 e. The molecule has 1 aromatic heterocycles. The fourth-order valence-corrected chi connectivity index (χ4v) is 4.18. The van der Waals surface area contributed by atoms with Crippen molar-refractivity contribution in [3.05, 3.63) is 78.9 Å². The lowest BCUT2D eigenvalue weighted by Gasteiger charge is -2.13. The van der Waals surface area contributed by atoms with E-state index in [9.17, 15) is 0 Å². The van der Waals surface area contributed by atoms with E-state index in [1.165, 1.54) is 0 Å². The molecule has 182 valence electrons. The van der Waals surface area contributed by atoms with Crippen molar-refractivity contribution in [3.8, 4) is 34.4 Å². The molecular weight excluding hydrogens is 440 g/mol. The number of methoxy groups -OCH3 is 3. The molecule has 0 aliphatic rings. The third-order valence-corrected chi connectivity index (χ3v) is 5.94. The van der Waals surface area contributed by atoms with Gasteiger partial charge in [-0.25, -0.2) is 4.98 Å². The molecule has 0 unspecified atom stereocenters. The zero-order valence-electron chi connectivity index (χ0n) is 20.6. The van der Waals surface area contributed by atoms with E-state index in [1.807, 2.05) is 60.7 Å². The van der Waals surface area contributed by atoms with Gasteiger partial charge in [-0.05, 0) is 67.3 Å². The Morgan fingerprint density at radius 3 is 2.34 bits per heavy atom. The SMILES string of the molecule is C=CCc1ccc(OCCCCn2c(-c3ccc(OC)c(OC)c3)nc3ccccc32)c(OC)c1. The minimum atomic E-state index is 0.607. The molecule has 0 bridgehead atoms. The summed E-state index contributed by atoms with van der Waals surface area (Å²) in [6.45, 7) is 5.22. The highest BCUT2D eigenvalue weighted by Crippen LogP contribution is 2.34. The van der Waals surface area contributed by atoms with Crippen LogP contribution in [0.2, 0.25) is 0 Å². The molecular formula is C29H32N2O4. The predicted octanol–water partition coefficient (Wildman–Crippen LogP) is 6.32. The van der Waals surface area contributed by atoms with Crippen LogP contribution < -0.4 is 18.9 Å². The monoisotopic (exact) mass is 472 g/mol. The number of hydrogen-bond acceptors (Lipinski definition) is 5. The Labute approximate surface area is 206 Å². The van der Waals surface area contributed by atoms with Gasteiger partial charge < -0.3 is 23.5 Å². The number of imidazole rings is 1. The van der Waals surface area contributed by atoms with Gasteiger partial charge in [0.1, 0.15) is 5.82 Å². The van der Waals surface area contributed by atoms with Crippen molar-refractivity contribution in [3.63, 3.8) is 0 Å². The molecule has 3 aromatic carbocycles. The van der Waals surface area contributed by atoms with E-state index in [0.717, 1.165) is 65.3 Å². The Hall–Kier alpha value is -3.93. The lowest BCUT2D eigenvalue weighted by Crippen LogP contribution is -2.05. The van der Waals surface area contributed by atoms with Gasteiger partial charge in [0, 0.05) is 12.1 Å². The number of aryl methyl sites for hydroxylation is 1. The van der Waals surface area contributed by atoms with Crippen molar-refractivity contribution in [1.29, 1.82) is 0 Å². The Morgan fingerprint density at radius 1 is 0.829 bits per heavy atom. The van der Waals surface area contributed by atoms with Crippen LogP contribution in [0.1, 0.15) is 18.4 Å². The Morgan fingerprint density at radius 2 is 1.57 bits per heavy atom. The minimum Gasteiger partial charge on any atom is -0.493 e. The van der Waals surface area contributed by atoms with Crippen molar-refractivity contribution in [2.45, 2.75) is 25.8 Å². The number of hydrogen-bond donors (Lipinski definition) is 0. The average Bonchev–Trinajstić information content (AvgIpc) is 3.27. The van der Waals surface area contributed by atoms with E-state index in [0.29, 0.717) is 18.1 Å². The van der Waals surface area contributed by atoms with Gasteiger partial charge in [-0.2, -0.15) is 0 Å². The first-order valence-electron chi connectivity index (χ1n) is 11.8. The molecule has 6 nitrogen and oxygen atoms in total. The van der Waals surface area contributed by atoms with Crippen LogP contribution in [0.25, 0.3) is 22.4 Å². The van der Waals surface area contributed by atoms with Crippen LogP contribution in [0.4, 0.5) is 0 Å². The molecule has 35 heavy (non-hydrogen) atoms. The Balaban J connectivity index is 1.47. The van der Waals surface area contributed by atoms with Crippen LogP contribution in [0.15, 0.2) is 73.3 Å². The Kier molecular flexibility index (Phi) is 7.93. The van der Waals surface area contributed by atoms with E-state index in [1.54, 1.807) is 21.3 Å². The summed E-state index contributed by atoms with van der Waals surface area (Å²) in [6.07, 6.45) is 4.52. The molecule has 0 spiro atoms. The molecule has 0 radical (unpaired) electrons. The maximum absolute atomic E-state index is 6.03. The maximum atomic E-state index is 6.03. The van der Waals surface area contributed by atoms with Crippen molar-refractivity contribution in [1.82, 2.24) is 9.55 Å². The van der Waals surface area contributed by atoms with Gasteiger partial charge in [-0.3, -0.25) is 0 Å². The molecule has 0 fully saturated rings. The number of fused-ring (bicyclic) bond motifs is 1. The van der Waals surface area contributed by atoms with Crippen molar-refractivity contribution in [2.75, 3.05) is 27.9 Å². The highest BCUT2D eigenvalue weighted by molar-refractivity contribution is 5.81. The molecule has 0 aliphatic carbocycles. The van der Waals surface area contributed by atoms with Crippen LogP contribution >= 0.6 is 0 Å². The second kappa shape index (κ2) is 11.5. The van der Waals surface area contributed by atoms with E-state index in [4.69, 9.17) is 23.9 Å². The number of aromatic nitrogens is 2. The van der Waals surface area contributed by atoms with E-state index >= 15 is 0 Å². The van der Waals surface area contributed by atoms with Gasteiger partial charge in [0.05, 0.1) is 39.0 Å². The number of para-hydroxylation sites is 2. The standard InChI is InChI=1S/C29H32N2O4/c1-5-10-21-13-15-26(27(19-21)33-3)35-18-9-8-17-31-24-12-7-6-11-23(24)30-29(31)22-14-16-25(32-2)28(20-22)34-4/h5-7,11-16,19-20H,1,8-10,17-18H2,2-4H3. The first-order valence-corrected chi connectivity index (χ1v) is 11.8. The highest BCUT2D eigenvalue weighted by atomic mass is 16.5. The number of rotatable bonds is 12. The third-order valence-electron chi connectivity index (χ3n) is 5.94. The number of benzene rings is 3. The van der Waals surface area contributed by atoms with Crippen LogP contribution in [-0.4, -0.2) is 37.5 Å². The van der Waals surface area contributed by atoms with Gasteiger partial charge in [-0.15, -0.1) is 6.58 Å². The molecule has 1 heterocycles. The molecule has 0 atom stereocenters. The van der Waals surface area contributed by atoms with Gasteiger partial charge >= 0.3 is 0 Å². The van der Waals surface area contributed by atoms with Crippen molar-refractivity contribution < 1.29 is 18.9 Å². The number of allylic oxidation sites excluding steroid dienone is 1. The van der Waals surface area contributed by atoms with Gasteiger partial charge in [0.25, 0.3) is 0 Å².